The van der Waals surface area contributed by atoms with E-state index in [1.165, 1.54) is 16.7 Å². The molecule has 4 rings (SSSR count). The van der Waals surface area contributed by atoms with Crippen LogP contribution < -0.4 is 19.9 Å². The lowest BCUT2D eigenvalue weighted by atomic mass is 10.3. The molecular formula is C16H15N3O5S. The molecule has 0 bridgehead atoms. The molecule has 25 heavy (non-hydrogen) atoms. The van der Waals surface area contributed by atoms with Gasteiger partial charge in [-0.3, -0.25) is 4.57 Å². The molecule has 0 spiro atoms. The second-order valence-electron chi connectivity index (χ2n) is 5.51. The van der Waals surface area contributed by atoms with Crippen molar-refractivity contribution >= 4 is 21.1 Å². The van der Waals surface area contributed by atoms with E-state index in [1.807, 2.05) is 12.1 Å². The molecule has 0 saturated heterocycles. The topological polar surface area (TPSA) is 102 Å². The Morgan fingerprint density at radius 2 is 1.92 bits per heavy atom. The predicted octanol–water partition coefficient (Wildman–Crippen LogP) is 1.04. The number of fused-ring (bicyclic) bond motifs is 2. The van der Waals surface area contributed by atoms with Gasteiger partial charge in [-0.05, 0) is 24.3 Å². The summed E-state index contributed by atoms with van der Waals surface area (Å²) in [5.74, 6) is 0.917. The molecular weight excluding hydrogens is 346 g/mol. The first-order valence-electron chi connectivity index (χ1n) is 7.61. The van der Waals surface area contributed by atoms with Gasteiger partial charge in [0.1, 0.15) is 0 Å². The SMILES string of the molecule is O=c1[nH]c2ccccc2n1CCNS(=O)(=O)c1ccc2c(c1)OCO2. The maximum absolute atomic E-state index is 12.4. The van der Waals surface area contributed by atoms with Gasteiger partial charge >= 0.3 is 5.69 Å². The molecule has 130 valence electrons. The molecule has 0 fully saturated rings. The maximum Gasteiger partial charge on any atom is 0.326 e. The van der Waals surface area contributed by atoms with Crippen LogP contribution in [0, 0.1) is 0 Å². The highest BCUT2D eigenvalue weighted by Gasteiger charge is 2.20. The normalized spacial score (nSPS) is 13.4. The molecule has 0 atom stereocenters. The van der Waals surface area contributed by atoms with Gasteiger partial charge in [0.15, 0.2) is 11.5 Å². The Bertz CT molecular complexity index is 1100. The molecule has 8 nitrogen and oxygen atoms in total. The van der Waals surface area contributed by atoms with Crippen LogP contribution in [0.15, 0.2) is 52.2 Å². The number of benzene rings is 2. The number of rotatable bonds is 5. The van der Waals surface area contributed by atoms with Crippen molar-refractivity contribution in [1.29, 1.82) is 0 Å². The summed E-state index contributed by atoms with van der Waals surface area (Å²) in [6.07, 6.45) is 0. The summed E-state index contributed by atoms with van der Waals surface area (Å²) < 4.78 is 39.2. The molecule has 2 heterocycles. The molecule has 1 aromatic heterocycles. The second kappa shape index (κ2) is 5.94. The first-order chi connectivity index (χ1) is 12.0. The highest BCUT2D eigenvalue weighted by Crippen LogP contribution is 2.33. The fourth-order valence-electron chi connectivity index (χ4n) is 2.75. The first kappa shape index (κ1) is 15.7. The largest absolute Gasteiger partial charge is 0.454 e. The van der Waals surface area contributed by atoms with Crippen molar-refractivity contribution in [3.8, 4) is 11.5 Å². The minimum absolute atomic E-state index is 0.0791. The number of para-hydroxylation sites is 2. The zero-order chi connectivity index (χ0) is 17.4. The third-order valence-corrected chi connectivity index (χ3v) is 5.42. The Hall–Kier alpha value is -2.78. The summed E-state index contributed by atoms with van der Waals surface area (Å²) in [6, 6.07) is 11.7. The fraction of sp³-hybridized carbons (Fsp3) is 0.188. The van der Waals surface area contributed by atoms with E-state index in [4.69, 9.17) is 9.47 Å². The summed E-state index contributed by atoms with van der Waals surface area (Å²) in [4.78, 5) is 14.8. The molecule has 1 aliphatic heterocycles. The average molecular weight is 361 g/mol. The lowest BCUT2D eigenvalue weighted by molar-refractivity contribution is 0.174. The number of sulfonamides is 1. The lowest BCUT2D eigenvalue weighted by Gasteiger charge is -2.08. The Balaban J connectivity index is 1.50. The standard InChI is InChI=1S/C16H15N3O5S/c20-16-18-12-3-1-2-4-13(12)19(16)8-7-17-25(21,22)11-5-6-14-15(9-11)24-10-23-14/h1-6,9,17H,7-8,10H2,(H,18,20). The summed E-state index contributed by atoms with van der Waals surface area (Å²) in [7, 11) is -3.71. The van der Waals surface area contributed by atoms with Gasteiger partial charge in [0.25, 0.3) is 0 Å². The Kier molecular flexibility index (Phi) is 3.74. The number of nitrogens with one attached hydrogen (secondary N) is 2. The molecule has 0 radical (unpaired) electrons. The Labute approximate surface area is 143 Å². The average Bonchev–Trinajstić information content (AvgIpc) is 3.18. The number of hydrogen-bond donors (Lipinski definition) is 2. The van der Waals surface area contributed by atoms with Gasteiger partial charge < -0.3 is 14.5 Å². The number of ether oxygens (including phenoxy) is 2. The zero-order valence-electron chi connectivity index (χ0n) is 13.1. The van der Waals surface area contributed by atoms with E-state index in [0.29, 0.717) is 17.0 Å². The minimum Gasteiger partial charge on any atom is -0.454 e. The molecule has 0 amide bonds. The molecule has 0 saturated carbocycles. The van der Waals surface area contributed by atoms with Crippen LogP contribution in [0.2, 0.25) is 0 Å². The zero-order valence-corrected chi connectivity index (χ0v) is 13.9. The molecule has 0 unspecified atom stereocenters. The van der Waals surface area contributed by atoms with E-state index in [0.717, 1.165) is 5.52 Å². The molecule has 9 heteroatoms. The number of nitrogens with zero attached hydrogens (tertiary/aromatic N) is 1. The van der Waals surface area contributed by atoms with Crippen molar-refractivity contribution in [3.63, 3.8) is 0 Å². The third-order valence-electron chi connectivity index (χ3n) is 3.96. The summed E-state index contributed by atoms with van der Waals surface area (Å²) >= 11 is 0. The van der Waals surface area contributed by atoms with Crippen LogP contribution in [0.1, 0.15) is 0 Å². The molecule has 3 aromatic rings. The highest BCUT2D eigenvalue weighted by molar-refractivity contribution is 7.89. The molecule has 0 aliphatic carbocycles. The van der Waals surface area contributed by atoms with Crippen molar-refractivity contribution in [2.24, 2.45) is 0 Å². The van der Waals surface area contributed by atoms with Crippen molar-refractivity contribution in [3.05, 3.63) is 52.9 Å². The van der Waals surface area contributed by atoms with E-state index in [1.54, 1.807) is 18.2 Å². The number of imidazole rings is 1. The monoisotopic (exact) mass is 361 g/mol. The highest BCUT2D eigenvalue weighted by atomic mass is 32.2. The van der Waals surface area contributed by atoms with Crippen LogP contribution >= 0.6 is 0 Å². The van der Waals surface area contributed by atoms with E-state index >= 15 is 0 Å². The van der Waals surface area contributed by atoms with Crippen molar-refractivity contribution in [1.82, 2.24) is 14.3 Å². The quantitative estimate of drug-likeness (QED) is 0.707. The lowest BCUT2D eigenvalue weighted by Crippen LogP contribution is -2.30. The summed E-state index contributed by atoms with van der Waals surface area (Å²) in [6.45, 7) is 0.376. The molecule has 2 N–H and O–H groups in total. The molecule has 1 aliphatic rings. The van der Waals surface area contributed by atoms with Crippen molar-refractivity contribution in [2.45, 2.75) is 11.4 Å². The maximum atomic E-state index is 12.4. The van der Waals surface area contributed by atoms with E-state index < -0.39 is 10.0 Å². The van der Waals surface area contributed by atoms with Gasteiger partial charge in [-0.1, -0.05) is 12.1 Å². The first-order valence-corrected chi connectivity index (χ1v) is 9.10. The number of aromatic nitrogens is 2. The smallest absolute Gasteiger partial charge is 0.326 e. The van der Waals surface area contributed by atoms with Crippen LogP contribution in [0.5, 0.6) is 11.5 Å². The third kappa shape index (κ3) is 2.87. The summed E-state index contributed by atoms with van der Waals surface area (Å²) in [5, 5.41) is 0. The fourth-order valence-corrected chi connectivity index (χ4v) is 3.78. The van der Waals surface area contributed by atoms with Crippen LogP contribution in [0.25, 0.3) is 11.0 Å². The predicted molar refractivity (Wildman–Crippen MR) is 90.3 cm³/mol. The van der Waals surface area contributed by atoms with Gasteiger partial charge in [0, 0.05) is 19.2 Å². The van der Waals surface area contributed by atoms with E-state index in [2.05, 4.69) is 9.71 Å². The number of hydrogen-bond acceptors (Lipinski definition) is 5. The van der Waals surface area contributed by atoms with Crippen LogP contribution in [-0.4, -0.2) is 31.3 Å². The van der Waals surface area contributed by atoms with Crippen molar-refractivity contribution < 1.29 is 17.9 Å². The number of H-pyrrole nitrogens is 1. The van der Waals surface area contributed by atoms with Crippen LogP contribution in [0.4, 0.5) is 0 Å². The second-order valence-corrected chi connectivity index (χ2v) is 7.28. The van der Waals surface area contributed by atoms with Crippen LogP contribution in [-0.2, 0) is 16.6 Å². The van der Waals surface area contributed by atoms with E-state index in [-0.39, 0.29) is 30.5 Å². The van der Waals surface area contributed by atoms with Gasteiger partial charge in [-0.15, -0.1) is 0 Å². The minimum atomic E-state index is -3.71. The number of aromatic amines is 1. The van der Waals surface area contributed by atoms with Gasteiger partial charge in [-0.25, -0.2) is 17.9 Å². The van der Waals surface area contributed by atoms with Gasteiger partial charge in [-0.2, -0.15) is 0 Å². The summed E-state index contributed by atoms with van der Waals surface area (Å²) in [5.41, 5.74) is 1.17. The van der Waals surface area contributed by atoms with Crippen LogP contribution in [0.3, 0.4) is 0 Å². The van der Waals surface area contributed by atoms with Gasteiger partial charge in [0.05, 0.1) is 15.9 Å². The Morgan fingerprint density at radius 3 is 2.80 bits per heavy atom. The van der Waals surface area contributed by atoms with Gasteiger partial charge in [0.2, 0.25) is 16.8 Å². The van der Waals surface area contributed by atoms with E-state index in [9.17, 15) is 13.2 Å². The Morgan fingerprint density at radius 1 is 1.12 bits per heavy atom. The molecule has 2 aromatic carbocycles. The van der Waals surface area contributed by atoms with Crippen molar-refractivity contribution in [2.75, 3.05) is 13.3 Å².